The smallest absolute Gasteiger partial charge is 0.253 e. The molecule has 2 atom stereocenters. The Kier molecular flexibility index (Phi) is 5.20. The molecule has 0 spiro atoms. The summed E-state index contributed by atoms with van der Waals surface area (Å²) >= 11 is 6.16. The molecule has 1 fully saturated rings. The van der Waals surface area contributed by atoms with Gasteiger partial charge in [-0.15, -0.1) is 0 Å². The number of ether oxygens (including phenoxy) is 1. The highest BCUT2D eigenvalue weighted by Gasteiger charge is 2.61. The van der Waals surface area contributed by atoms with Gasteiger partial charge in [0.05, 0.1) is 24.5 Å². The van der Waals surface area contributed by atoms with Crippen LogP contribution in [0.5, 0.6) is 5.75 Å². The van der Waals surface area contributed by atoms with E-state index in [-0.39, 0.29) is 23.7 Å². The molecule has 188 valence electrons. The fourth-order valence-electron chi connectivity index (χ4n) is 6.46. The standard InChI is InChI=1S/C31H23ClN2O4/c1-37-24-12-10-17(32)16-23(24)25-13-11-18(38-25)14-15-33-34-30(35)28-26-19-6-2-3-7-20(19)27(29(28)31(34)36)22-9-5-4-8-21(22)26/h2-16,26-29,33H,1H3/b15-14+/t26?,27?,28-,29-/m1/s1. The Hall–Kier alpha value is -4.29. The third-order valence-electron chi connectivity index (χ3n) is 7.95. The second-order valence-corrected chi connectivity index (χ2v) is 10.2. The lowest BCUT2D eigenvalue weighted by molar-refractivity contribution is -0.142. The monoisotopic (exact) mass is 522 g/mol. The third kappa shape index (κ3) is 3.26. The quantitative estimate of drug-likeness (QED) is 0.327. The number of nitrogens with one attached hydrogen (secondary N) is 1. The van der Waals surface area contributed by atoms with Gasteiger partial charge >= 0.3 is 0 Å². The van der Waals surface area contributed by atoms with Gasteiger partial charge in [-0.05, 0) is 58.7 Å². The number of imide groups is 1. The fraction of sp³-hybridized carbons (Fsp3) is 0.161. The van der Waals surface area contributed by atoms with Crippen LogP contribution in [0.4, 0.5) is 0 Å². The van der Waals surface area contributed by atoms with Crippen molar-refractivity contribution < 1.29 is 18.7 Å². The van der Waals surface area contributed by atoms with E-state index < -0.39 is 11.8 Å². The van der Waals surface area contributed by atoms with Crippen molar-refractivity contribution in [2.75, 3.05) is 7.11 Å². The Labute approximate surface area is 224 Å². The van der Waals surface area contributed by atoms with E-state index in [2.05, 4.69) is 29.7 Å². The van der Waals surface area contributed by atoms with Crippen LogP contribution in [0.15, 0.2) is 89.5 Å². The summed E-state index contributed by atoms with van der Waals surface area (Å²) in [5.41, 5.74) is 8.26. The zero-order valence-electron chi connectivity index (χ0n) is 20.4. The molecule has 0 saturated carbocycles. The number of carbonyl (C=O) groups excluding carboxylic acids is 2. The van der Waals surface area contributed by atoms with Crippen molar-refractivity contribution in [3.05, 3.63) is 118 Å². The second kappa shape index (κ2) is 8.64. The molecule has 3 aromatic carbocycles. The molecule has 0 radical (unpaired) electrons. The Balaban J connectivity index is 1.16. The maximum Gasteiger partial charge on any atom is 0.253 e. The van der Waals surface area contributed by atoms with Crippen LogP contribution in [-0.2, 0) is 9.59 Å². The van der Waals surface area contributed by atoms with E-state index in [1.165, 1.54) is 5.01 Å². The summed E-state index contributed by atoms with van der Waals surface area (Å²) in [6.45, 7) is 0. The van der Waals surface area contributed by atoms with Gasteiger partial charge in [0.1, 0.15) is 17.3 Å². The number of hydrogen-bond acceptors (Lipinski definition) is 5. The van der Waals surface area contributed by atoms with E-state index in [1.807, 2.05) is 30.3 Å². The molecule has 38 heavy (non-hydrogen) atoms. The second-order valence-electron chi connectivity index (χ2n) is 9.79. The van der Waals surface area contributed by atoms with Crippen LogP contribution < -0.4 is 10.2 Å². The van der Waals surface area contributed by atoms with Crippen molar-refractivity contribution in [2.24, 2.45) is 11.8 Å². The van der Waals surface area contributed by atoms with Crippen molar-refractivity contribution in [1.82, 2.24) is 10.4 Å². The van der Waals surface area contributed by atoms with E-state index in [0.717, 1.165) is 27.8 Å². The average molecular weight is 523 g/mol. The molecule has 2 amide bonds. The predicted octanol–water partition coefficient (Wildman–Crippen LogP) is 5.98. The van der Waals surface area contributed by atoms with Crippen LogP contribution >= 0.6 is 11.6 Å². The normalized spacial score (nSPS) is 22.9. The van der Waals surface area contributed by atoms with Gasteiger partial charge in [0.15, 0.2) is 0 Å². The Morgan fingerprint density at radius 1 is 0.842 bits per heavy atom. The number of amides is 2. The van der Waals surface area contributed by atoms with E-state index in [0.29, 0.717) is 22.3 Å². The topological polar surface area (TPSA) is 71.8 Å². The number of halogens is 1. The highest BCUT2D eigenvalue weighted by molar-refractivity contribution is 6.31. The largest absolute Gasteiger partial charge is 0.496 e. The van der Waals surface area contributed by atoms with Crippen LogP contribution in [0, 0.1) is 11.8 Å². The van der Waals surface area contributed by atoms with Gasteiger partial charge in [-0.1, -0.05) is 60.1 Å². The van der Waals surface area contributed by atoms with Gasteiger partial charge in [-0.2, -0.15) is 5.01 Å². The minimum absolute atomic E-state index is 0.134. The SMILES string of the molecule is COc1ccc(Cl)cc1-c1ccc(/C=C/NN2C(=O)[C@@H]3C4c5ccccc5C(c5ccccc54)[C@H]3C2=O)o1. The van der Waals surface area contributed by atoms with Crippen molar-refractivity contribution in [3.63, 3.8) is 0 Å². The summed E-state index contributed by atoms with van der Waals surface area (Å²) in [4.78, 5) is 27.3. The molecule has 4 aromatic rings. The molecule has 7 heteroatoms. The first-order chi connectivity index (χ1) is 18.6. The molecule has 1 aliphatic heterocycles. The lowest BCUT2D eigenvalue weighted by Gasteiger charge is -2.45. The first kappa shape index (κ1) is 22.9. The van der Waals surface area contributed by atoms with E-state index in [9.17, 15) is 9.59 Å². The van der Waals surface area contributed by atoms with E-state index in [4.69, 9.17) is 20.8 Å². The molecular weight excluding hydrogens is 500 g/mol. The summed E-state index contributed by atoms with van der Waals surface area (Å²) < 4.78 is 11.4. The van der Waals surface area contributed by atoms with Gasteiger partial charge in [0.2, 0.25) is 0 Å². The van der Waals surface area contributed by atoms with Crippen LogP contribution in [0.1, 0.15) is 39.8 Å². The predicted molar refractivity (Wildman–Crippen MR) is 143 cm³/mol. The molecule has 4 aliphatic rings. The van der Waals surface area contributed by atoms with E-state index >= 15 is 0 Å². The van der Waals surface area contributed by atoms with Crippen molar-refractivity contribution >= 4 is 29.5 Å². The number of methoxy groups -OCH3 is 1. The minimum Gasteiger partial charge on any atom is -0.496 e. The Bertz CT molecular complexity index is 1520. The van der Waals surface area contributed by atoms with Gasteiger partial charge < -0.3 is 9.15 Å². The first-order valence-corrected chi connectivity index (χ1v) is 12.9. The summed E-state index contributed by atoms with van der Waals surface area (Å²) in [6.07, 6.45) is 3.24. The highest BCUT2D eigenvalue weighted by Crippen LogP contribution is 2.60. The van der Waals surface area contributed by atoms with Crippen LogP contribution in [0.25, 0.3) is 17.4 Å². The number of hydrazine groups is 1. The summed E-state index contributed by atoms with van der Waals surface area (Å²) in [6, 6.07) is 25.3. The molecular formula is C31H23ClN2O4. The number of nitrogens with zero attached hydrogens (tertiary/aromatic N) is 1. The lowest BCUT2D eigenvalue weighted by Crippen LogP contribution is -2.41. The minimum atomic E-state index is -0.427. The summed E-state index contributed by atoms with van der Waals surface area (Å²) in [7, 11) is 1.59. The maximum atomic E-state index is 13.7. The van der Waals surface area contributed by atoms with Crippen LogP contribution in [0.3, 0.4) is 0 Å². The molecule has 1 aromatic heterocycles. The third-order valence-corrected chi connectivity index (χ3v) is 8.19. The molecule has 2 heterocycles. The summed E-state index contributed by atoms with van der Waals surface area (Å²) in [5, 5.41) is 1.75. The van der Waals surface area contributed by atoms with Gasteiger partial charge in [-0.25, -0.2) is 0 Å². The zero-order valence-corrected chi connectivity index (χ0v) is 21.2. The highest BCUT2D eigenvalue weighted by atomic mass is 35.5. The molecule has 2 bridgehead atoms. The number of carbonyl (C=O) groups is 2. The van der Waals surface area contributed by atoms with Crippen LogP contribution in [-0.4, -0.2) is 23.9 Å². The fourth-order valence-corrected chi connectivity index (χ4v) is 6.63. The Morgan fingerprint density at radius 2 is 1.42 bits per heavy atom. The molecule has 8 rings (SSSR count). The lowest BCUT2D eigenvalue weighted by atomic mass is 9.55. The van der Waals surface area contributed by atoms with Crippen molar-refractivity contribution in [2.45, 2.75) is 11.8 Å². The average Bonchev–Trinajstić information content (AvgIpc) is 3.52. The zero-order chi connectivity index (χ0) is 26.0. The maximum absolute atomic E-state index is 13.7. The van der Waals surface area contributed by atoms with Gasteiger partial charge in [0, 0.05) is 23.1 Å². The van der Waals surface area contributed by atoms with E-state index in [1.54, 1.807) is 43.7 Å². The van der Waals surface area contributed by atoms with Crippen molar-refractivity contribution in [1.29, 1.82) is 0 Å². The Morgan fingerprint density at radius 3 is 1.97 bits per heavy atom. The molecule has 1 N–H and O–H groups in total. The number of furan rings is 1. The van der Waals surface area contributed by atoms with Crippen molar-refractivity contribution in [3.8, 4) is 17.1 Å². The van der Waals surface area contributed by atoms with Crippen LogP contribution in [0.2, 0.25) is 5.02 Å². The number of benzene rings is 3. The molecule has 3 aliphatic carbocycles. The molecule has 6 nitrogen and oxygen atoms in total. The van der Waals surface area contributed by atoms with Gasteiger partial charge in [-0.3, -0.25) is 15.0 Å². The first-order valence-electron chi connectivity index (χ1n) is 12.5. The number of rotatable bonds is 5. The molecule has 0 unspecified atom stereocenters. The molecule has 1 saturated heterocycles. The van der Waals surface area contributed by atoms with Gasteiger partial charge in [0.25, 0.3) is 11.8 Å². The number of hydrogen-bond donors (Lipinski definition) is 1. The summed E-state index contributed by atoms with van der Waals surface area (Å²) in [5.74, 6) is 0.258.